The molecule has 0 bridgehead atoms. The molecule has 3 fully saturated rings. The second-order valence-electron chi connectivity index (χ2n) is 9.85. The van der Waals surface area contributed by atoms with E-state index in [1.165, 1.54) is 63.4 Å². The first kappa shape index (κ1) is 22.4. The summed E-state index contributed by atoms with van der Waals surface area (Å²) in [4.78, 5) is 0. The van der Waals surface area contributed by atoms with E-state index in [0.29, 0.717) is 11.8 Å². The Balaban J connectivity index is 1.17. The molecule has 2 nitrogen and oxygen atoms in total. The van der Waals surface area contributed by atoms with Gasteiger partial charge in [0, 0.05) is 16.9 Å². The maximum Gasteiger partial charge on any atom is 0.160 e. The van der Waals surface area contributed by atoms with Gasteiger partial charge in [0.1, 0.15) is 0 Å². The second kappa shape index (κ2) is 11.2. The van der Waals surface area contributed by atoms with Gasteiger partial charge in [-0.1, -0.05) is 49.2 Å². The van der Waals surface area contributed by atoms with Gasteiger partial charge in [0.2, 0.25) is 0 Å². The van der Waals surface area contributed by atoms with Crippen LogP contribution in [0.2, 0.25) is 5.02 Å². The van der Waals surface area contributed by atoms with Crippen LogP contribution < -0.4 is 0 Å². The van der Waals surface area contributed by atoms with Crippen molar-refractivity contribution in [3.63, 3.8) is 0 Å². The maximum absolute atomic E-state index is 6.13. The summed E-state index contributed by atoms with van der Waals surface area (Å²) in [7, 11) is 0. The fourth-order valence-corrected chi connectivity index (χ4v) is 6.05. The molecule has 1 saturated heterocycles. The maximum atomic E-state index is 6.13. The summed E-state index contributed by atoms with van der Waals surface area (Å²) in [6.07, 6.45) is 17.7. The minimum absolute atomic E-state index is 0.0439. The third-order valence-electron chi connectivity index (χ3n) is 7.79. The van der Waals surface area contributed by atoms with Gasteiger partial charge in [-0.05, 0) is 93.2 Å². The van der Waals surface area contributed by atoms with Crippen molar-refractivity contribution in [2.75, 3.05) is 13.2 Å². The van der Waals surface area contributed by atoms with Crippen molar-refractivity contribution >= 4 is 11.6 Å². The zero-order chi connectivity index (χ0) is 20.8. The SMILES string of the molecule is CCCC=CC1COC(C2CCC(C3CCC(c4ccc(Cl)cc4)CC3)CC2)OC1. The molecular weight excluding hydrogens is 392 g/mol. The van der Waals surface area contributed by atoms with E-state index < -0.39 is 0 Å². The molecule has 0 amide bonds. The zero-order valence-corrected chi connectivity index (χ0v) is 19.4. The first-order valence-corrected chi connectivity index (χ1v) is 12.8. The predicted molar refractivity (Wildman–Crippen MR) is 125 cm³/mol. The van der Waals surface area contributed by atoms with Crippen LogP contribution in [0.15, 0.2) is 36.4 Å². The molecule has 1 aliphatic heterocycles. The van der Waals surface area contributed by atoms with Gasteiger partial charge >= 0.3 is 0 Å². The van der Waals surface area contributed by atoms with E-state index >= 15 is 0 Å². The molecule has 3 heteroatoms. The zero-order valence-electron chi connectivity index (χ0n) is 18.6. The van der Waals surface area contributed by atoms with Crippen LogP contribution in [-0.4, -0.2) is 19.5 Å². The van der Waals surface area contributed by atoms with Gasteiger partial charge < -0.3 is 9.47 Å². The first-order valence-electron chi connectivity index (χ1n) is 12.4. The molecule has 2 aliphatic carbocycles. The molecule has 0 radical (unpaired) electrons. The summed E-state index contributed by atoms with van der Waals surface area (Å²) in [5.41, 5.74) is 1.48. The topological polar surface area (TPSA) is 18.5 Å². The van der Waals surface area contributed by atoms with Gasteiger partial charge in [0.25, 0.3) is 0 Å². The standard InChI is InChI=1S/C27H39ClO2/c1-2-3-4-5-20-18-29-27(30-19-20)25-12-10-23(11-13-25)21-6-8-22(9-7-21)24-14-16-26(28)17-15-24/h4-5,14-17,20-23,25,27H,2-3,6-13,18-19H2,1H3. The summed E-state index contributed by atoms with van der Waals surface area (Å²) in [5.74, 6) is 3.63. The Morgan fingerprint density at radius 1 is 0.833 bits per heavy atom. The van der Waals surface area contributed by atoms with E-state index in [-0.39, 0.29) is 6.29 Å². The lowest BCUT2D eigenvalue weighted by atomic mass is 9.68. The molecule has 4 rings (SSSR count). The van der Waals surface area contributed by atoms with E-state index in [1.54, 1.807) is 0 Å². The Morgan fingerprint density at radius 2 is 1.40 bits per heavy atom. The molecule has 2 saturated carbocycles. The average Bonchev–Trinajstić information content (AvgIpc) is 2.81. The number of hydrogen-bond acceptors (Lipinski definition) is 2. The molecule has 0 N–H and O–H groups in total. The van der Waals surface area contributed by atoms with Crippen LogP contribution in [0.4, 0.5) is 0 Å². The summed E-state index contributed by atoms with van der Waals surface area (Å²) < 4.78 is 12.3. The second-order valence-corrected chi connectivity index (χ2v) is 10.3. The van der Waals surface area contributed by atoms with Crippen molar-refractivity contribution in [2.45, 2.75) is 83.3 Å². The van der Waals surface area contributed by atoms with E-state index in [0.717, 1.165) is 42.4 Å². The third kappa shape index (κ3) is 5.90. The molecule has 0 unspecified atom stereocenters. The van der Waals surface area contributed by atoms with Crippen LogP contribution in [0.1, 0.15) is 82.6 Å². The van der Waals surface area contributed by atoms with Crippen LogP contribution in [0, 0.1) is 23.7 Å². The number of hydrogen-bond donors (Lipinski definition) is 0. The molecule has 0 spiro atoms. The van der Waals surface area contributed by atoms with Crippen molar-refractivity contribution in [1.82, 2.24) is 0 Å². The average molecular weight is 431 g/mol. The summed E-state index contributed by atoms with van der Waals surface area (Å²) in [6.45, 7) is 3.88. The van der Waals surface area contributed by atoms with Crippen molar-refractivity contribution in [3.05, 3.63) is 47.0 Å². The van der Waals surface area contributed by atoms with Gasteiger partial charge in [-0.2, -0.15) is 0 Å². The molecule has 166 valence electrons. The van der Waals surface area contributed by atoms with Crippen LogP contribution >= 0.6 is 11.6 Å². The van der Waals surface area contributed by atoms with Crippen molar-refractivity contribution in [2.24, 2.45) is 23.7 Å². The molecule has 1 heterocycles. The smallest absolute Gasteiger partial charge is 0.160 e. The van der Waals surface area contributed by atoms with Crippen LogP contribution in [-0.2, 0) is 9.47 Å². The third-order valence-corrected chi connectivity index (χ3v) is 8.05. The number of rotatable bonds is 6. The normalized spacial score (nSPS) is 35.5. The first-order chi connectivity index (χ1) is 14.7. The Hall–Kier alpha value is -0.830. The van der Waals surface area contributed by atoms with Gasteiger partial charge in [0.15, 0.2) is 6.29 Å². The lowest BCUT2D eigenvalue weighted by Crippen LogP contribution is -2.38. The highest BCUT2D eigenvalue weighted by atomic mass is 35.5. The minimum atomic E-state index is 0.0439. The molecule has 30 heavy (non-hydrogen) atoms. The van der Waals surface area contributed by atoms with E-state index in [1.807, 2.05) is 12.1 Å². The lowest BCUT2D eigenvalue weighted by Gasteiger charge is -2.41. The van der Waals surface area contributed by atoms with E-state index in [9.17, 15) is 0 Å². The number of unbranched alkanes of at least 4 members (excludes halogenated alkanes) is 1. The summed E-state index contributed by atoms with van der Waals surface area (Å²) in [5, 5.41) is 0.846. The Bertz CT molecular complexity index is 646. The van der Waals surface area contributed by atoms with Gasteiger partial charge in [-0.15, -0.1) is 0 Å². The van der Waals surface area contributed by atoms with Gasteiger partial charge in [-0.3, -0.25) is 0 Å². The summed E-state index contributed by atoms with van der Waals surface area (Å²) in [6, 6.07) is 8.55. The fourth-order valence-electron chi connectivity index (χ4n) is 5.92. The van der Waals surface area contributed by atoms with Gasteiger partial charge in [0.05, 0.1) is 13.2 Å². The lowest BCUT2D eigenvalue weighted by molar-refractivity contribution is -0.223. The Labute approximate surface area is 188 Å². The van der Waals surface area contributed by atoms with Gasteiger partial charge in [-0.25, -0.2) is 0 Å². The minimum Gasteiger partial charge on any atom is -0.352 e. The molecule has 1 aromatic rings. The predicted octanol–water partition coefficient (Wildman–Crippen LogP) is 7.77. The Kier molecular flexibility index (Phi) is 8.32. The monoisotopic (exact) mass is 430 g/mol. The number of ether oxygens (including phenoxy) is 2. The quantitative estimate of drug-likeness (QED) is 0.429. The van der Waals surface area contributed by atoms with E-state index in [2.05, 4.69) is 31.2 Å². The largest absolute Gasteiger partial charge is 0.352 e. The van der Waals surface area contributed by atoms with Crippen molar-refractivity contribution in [1.29, 1.82) is 0 Å². The fraction of sp³-hybridized carbons (Fsp3) is 0.704. The number of benzene rings is 1. The van der Waals surface area contributed by atoms with E-state index in [4.69, 9.17) is 21.1 Å². The van der Waals surface area contributed by atoms with Crippen LogP contribution in [0.3, 0.4) is 0 Å². The molecular formula is C27H39ClO2. The molecule has 0 atom stereocenters. The highest BCUT2D eigenvalue weighted by Gasteiger charge is 2.35. The molecule has 3 aliphatic rings. The Morgan fingerprint density at radius 3 is 2.00 bits per heavy atom. The number of halogens is 1. The van der Waals surface area contributed by atoms with Crippen molar-refractivity contribution in [3.8, 4) is 0 Å². The highest BCUT2D eigenvalue weighted by Crippen LogP contribution is 2.45. The van der Waals surface area contributed by atoms with Crippen LogP contribution in [0.5, 0.6) is 0 Å². The molecule has 0 aromatic heterocycles. The summed E-state index contributed by atoms with van der Waals surface area (Å²) >= 11 is 6.06. The van der Waals surface area contributed by atoms with Crippen LogP contribution in [0.25, 0.3) is 0 Å². The number of allylic oxidation sites excluding steroid dienone is 1. The highest BCUT2D eigenvalue weighted by molar-refractivity contribution is 6.30. The van der Waals surface area contributed by atoms with Crippen molar-refractivity contribution < 1.29 is 9.47 Å². The molecule has 1 aromatic carbocycles.